The molecule has 0 fully saturated rings. The number of benzene rings is 2. The molecule has 0 spiro atoms. The van der Waals surface area contributed by atoms with Crippen LogP contribution in [0.3, 0.4) is 0 Å². The van der Waals surface area contributed by atoms with Crippen LogP contribution in [-0.2, 0) is 0 Å². The summed E-state index contributed by atoms with van der Waals surface area (Å²) < 4.78 is 5.55. The zero-order chi connectivity index (χ0) is 14.9. The highest BCUT2D eigenvalue weighted by Crippen LogP contribution is 2.32. The summed E-state index contributed by atoms with van der Waals surface area (Å²) in [6, 6.07) is 19.2. The van der Waals surface area contributed by atoms with E-state index in [0.29, 0.717) is 17.8 Å². The largest absolute Gasteiger partial charge is 0.453 e. The van der Waals surface area contributed by atoms with E-state index in [4.69, 9.17) is 4.42 Å². The van der Waals surface area contributed by atoms with Gasteiger partial charge in [-0.2, -0.15) is 0 Å². The second-order valence-corrected chi connectivity index (χ2v) is 4.97. The molecule has 0 saturated heterocycles. The van der Waals surface area contributed by atoms with Crippen molar-refractivity contribution in [2.45, 2.75) is 0 Å². The Morgan fingerprint density at radius 1 is 0.909 bits per heavy atom. The van der Waals surface area contributed by atoms with Gasteiger partial charge in [-0.25, -0.2) is 4.98 Å². The van der Waals surface area contributed by atoms with Crippen molar-refractivity contribution < 1.29 is 9.21 Å². The first-order valence-corrected chi connectivity index (χ1v) is 6.95. The first-order valence-electron chi connectivity index (χ1n) is 6.95. The number of imidazole rings is 1. The summed E-state index contributed by atoms with van der Waals surface area (Å²) in [5.74, 6) is 1.74. The van der Waals surface area contributed by atoms with Crippen LogP contribution in [0.1, 0.15) is 10.6 Å². The first-order chi connectivity index (χ1) is 10.8. The van der Waals surface area contributed by atoms with Gasteiger partial charge >= 0.3 is 0 Å². The number of H-pyrrole nitrogens is 1. The Morgan fingerprint density at radius 3 is 2.45 bits per heavy atom. The van der Waals surface area contributed by atoms with Gasteiger partial charge in [-0.3, -0.25) is 4.79 Å². The number of aromatic nitrogens is 2. The van der Waals surface area contributed by atoms with Gasteiger partial charge in [0.25, 0.3) is 0 Å². The maximum atomic E-state index is 10.8. The maximum absolute atomic E-state index is 10.8. The number of aromatic amines is 1. The molecule has 0 aliphatic carbocycles. The molecule has 4 aromatic rings. The van der Waals surface area contributed by atoms with Crippen LogP contribution in [0.2, 0.25) is 0 Å². The first kappa shape index (κ1) is 12.6. The fourth-order valence-electron chi connectivity index (χ4n) is 2.55. The molecule has 0 bridgehead atoms. The molecule has 0 amide bonds. The summed E-state index contributed by atoms with van der Waals surface area (Å²) in [6.07, 6.45) is 0.702. The molecular weight excluding hydrogens is 276 g/mol. The monoisotopic (exact) mass is 288 g/mol. The Balaban J connectivity index is 1.89. The van der Waals surface area contributed by atoms with E-state index < -0.39 is 0 Å². The molecule has 2 heterocycles. The topological polar surface area (TPSA) is 58.9 Å². The summed E-state index contributed by atoms with van der Waals surface area (Å²) in [4.78, 5) is 18.8. The van der Waals surface area contributed by atoms with Crippen molar-refractivity contribution in [2.24, 2.45) is 0 Å². The quantitative estimate of drug-likeness (QED) is 0.572. The third kappa shape index (κ3) is 2.02. The van der Waals surface area contributed by atoms with Crippen LogP contribution >= 0.6 is 0 Å². The molecule has 0 saturated carbocycles. The zero-order valence-electron chi connectivity index (χ0n) is 11.6. The van der Waals surface area contributed by atoms with Gasteiger partial charge in [0.2, 0.25) is 0 Å². The van der Waals surface area contributed by atoms with Gasteiger partial charge in [0.1, 0.15) is 11.6 Å². The summed E-state index contributed by atoms with van der Waals surface area (Å²) in [7, 11) is 0. The van der Waals surface area contributed by atoms with Gasteiger partial charge in [0.05, 0.1) is 11.0 Å². The molecule has 0 aliphatic rings. The van der Waals surface area contributed by atoms with E-state index in [1.54, 1.807) is 12.1 Å². The number of hydrogen-bond donors (Lipinski definition) is 1. The number of fused-ring (bicyclic) bond motifs is 1. The van der Waals surface area contributed by atoms with Crippen molar-refractivity contribution >= 4 is 17.3 Å². The van der Waals surface area contributed by atoms with Crippen LogP contribution in [0.5, 0.6) is 0 Å². The summed E-state index contributed by atoms with van der Waals surface area (Å²) >= 11 is 0. The molecule has 0 radical (unpaired) electrons. The average molecular weight is 288 g/mol. The number of hydrogen-bond acceptors (Lipinski definition) is 3. The third-order valence-corrected chi connectivity index (χ3v) is 3.58. The molecular formula is C18H12N2O2. The Morgan fingerprint density at radius 2 is 1.68 bits per heavy atom. The van der Waals surface area contributed by atoms with E-state index in [0.717, 1.165) is 28.0 Å². The van der Waals surface area contributed by atoms with Crippen LogP contribution in [0.25, 0.3) is 33.7 Å². The van der Waals surface area contributed by atoms with Crippen molar-refractivity contribution in [2.75, 3.05) is 0 Å². The van der Waals surface area contributed by atoms with E-state index in [1.165, 1.54) is 0 Å². The predicted molar refractivity (Wildman–Crippen MR) is 84.6 cm³/mol. The number of nitrogens with one attached hydrogen (secondary N) is 1. The van der Waals surface area contributed by atoms with Gasteiger partial charge < -0.3 is 9.40 Å². The molecule has 2 aromatic heterocycles. The number of carbonyl (C=O) groups is 1. The third-order valence-electron chi connectivity index (χ3n) is 3.58. The van der Waals surface area contributed by atoms with Gasteiger partial charge in [-0.15, -0.1) is 0 Å². The number of carbonyl (C=O) groups excluding carboxylic acids is 1. The van der Waals surface area contributed by atoms with Crippen LogP contribution in [0, 0.1) is 0 Å². The molecule has 4 nitrogen and oxygen atoms in total. The SMILES string of the molecule is O=Cc1ccc(-c2ccccc2-c2nc3ccccc3[nH]2)o1. The lowest BCUT2D eigenvalue weighted by molar-refractivity contribution is 0.110. The van der Waals surface area contributed by atoms with E-state index in [1.807, 2.05) is 48.5 Å². The molecule has 1 N–H and O–H groups in total. The molecule has 0 aliphatic heterocycles. The standard InChI is InChI=1S/C18H12N2O2/c21-11-12-9-10-17(22-12)13-5-1-2-6-14(13)18-19-15-7-3-4-8-16(15)20-18/h1-11H,(H,19,20). The van der Waals surface area contributed by atoms with Crippen molar-refractivity contribution in [3.05, 3.63) is 66.4 Å². The summed E-state index contributed by atoms with van der Waals surface area (Å²) in [5, 5.41) is 0. The Labute approximate surface area is 126 Å². The Bertz CT molecular complexity index is 933. The number of rotatable bonds is 3. The van der Waals surface area contributed by atoms with Gasteiger partial charge in [-0.1, -0.05) is 36.4 Å². The molecule has 2 aromatic carbocycles. The zero-order valence-corrected chi connectivity index (χ0v) is 11.6. The van der Waals surface area contributed by atoms with Crippen molar-refractivity contribution in [1.82, 2.24) is 9.97 Å². The van der Waals surface area contributed by atoms with Crippen LogP contribution in [-0.4, -0.2) is 16.3 Å². The molecule has 22 heavy (non-hydrogen) atoms. The number of para-hydroxylation sites is 2. The molecule has 0 atom stereocenters. The van der Waals surface area contributed by atoms with Crippen molar-refractivity contribution in [1.29, 1.82) is 0 Å². The molecule has 106 valence electrons. The summed E-state index contributed by atoms with van der Waals surface area (Å²) in [6.45, 7) is 0. The highest BCUT2D eigenvalue weighted by molar-refractivity contribution is 5.85. The average Bonchev–Trinajstić information content (AvgIpc) is 3.21. The molecule has 0 unspecified atom stereocenters. The van der Waals surface area contributed by atoms with Gasteiger partial charge in [-0.05, 0) is 24.3 Å². The van der Waals surface area contributed by atoms with E-state index in [2.05, 4.69) is 9.97 Å². The fraction of sp³-hybridized carbons (Fsp3) is 0. The second-order valence-electron chi connectivity index (χ2n) is 4.97. The number of nitrogens with zero attached hydrogens (tertiary/aromatic N) is 1. The Kier molecular flexibility index (Phi) is 2.86. The van der Waals surface area contributed by atoms with E-state index in [9.17, 15) is 4.79 Å². The van der Waals surface area contributed by atoms with Crippen molar-refractivity contribution in [3.8, 4) is 22.7 Å². The molecule has 4 rings (SSSR count). The van der Waals surface area contributed by atoms with Gasteiger partial charge in [0, 0.05) is 11.1 Å². The van der Waals surface area contributed by atoms with Crippen LogP contribution in [0.4, 0.5) is 0 Å². The lowest BCUT2D eigenvalue weighted by atomic mass is 10.1. The highest BCUT2D eigenvalue weighted by Gasteiger charge is 2.13. The normalized spacial score (nSPS) is 10.9. The minimum absolute atomic E-state index is 0.314. The minimum atomic E-state index is 0.314. The number of furan rings is 1. The predicted octanol–water partition coefficient (Wildman–Crippen LogP) is 4.30. The second kappa shape index (κ2) is 5.00. The maximum Gasteiger partial charge on any atom is 0.185 e. The van der Waals surface area contributed by atoms with E-state index >= 15 is 0 Å². The smallest absolute Gasteiger partial charge is 0.185 e. The van der Waals surface area contributed by atoms with Crippen LogP contribution < -0.4 is 0 Å². The van der Waals surface area contributed by atoms with Crippen LogP contribution in [0.15, 0.2) is 65.1 Å². The highest BCUT2D eigenvalue weighted by atomic mass is 16.3. The lowest BCUT2D eigenvalue weighted by Gasteiger charge is -2.04. The molecule has 4 heteroatoms. The minimum Gasteiger partial charge on any atom is -0.453 e. The lowest BCUT2D eigenvalue weighted by Crippen LogP contribution is -1.85. The fourth-order valence-corrected chi connectivity index (χ4v) is 2.55. The number of aldehydes is 1. The van der Waals surface area contributed by atoms with E-state index in [-0.39, 0.29) is 0 Å². The van der Waals surface area contributed by atoms with Gasteiger partial charge in [0.15, 0.2) is 12.0 Å². The van der Waals surface area contributed by atoms with Crippen molar-refractivity contribution in [3.63, 3.8) is 0 Å². The Hall–Kier alpha value is -3.14. The summed E-state index contributed by atoms with van der Waals surface area (Å²) in [5.41, 5.74) is 3.74.